The quantitative estimate of drug-likeness (QED) is 0.724. The molecular weight excluding hydrogens is 186 g/mol. The maximum Gasteiger partial charge on any atom is 0.122 e. The highest BCUT2D eigenvalue weighted by atomic mass is 16.5. The van der Waals surface area contributed by atoms with Gasteiger partial charge in [-0.2, -0.15) is 0 Å². The van der Waals surface area contributed by atoms with Crippen LogP contribution >= 0.6 is 0 Å². The number of hydrogen-bond acceptors (Lipinski definition) is 2. The zero-order chi connectivity index (χ0) is 11.1. The van der Waals surface area contributed by atoms with E-state index >= 15 is 0 Å². The van der Waals surface area contributed by atoms with Gasteiger partial charge in [0.15, 0.2) is 0 Å². The third kappa shape index (κ3) is 3.92. The molecule has 0 aromatic heterocycles. The van der Waals surface area contributed by atoms with Gasteiger partial charge in [0.05, 0.1) is 7.11 Å². The topological polar surface area (TPSA) is 21.3 Å². The van der Waals surface area contributed by atoms with E-state index in [1.165, 1.54) is 24.0 Å². The lowest BCUT2D eigenvalue weighted by Crippen LogP contribution is -2.07. The largest absolute Gasteiger partial charge is 0.496 e. The van der Waals surface area contributed by atoms with Crippen LogP contribution in [0.3, 0.4) is 0 Å². The van der Waals surface area contributed by atoms with Crippen molar-refractivity contribution in [1.29, 1.82) is 0 Å². The van der Waals surface area contributed by atoms with Crippen LogP contribution in [0.25, 0.3) is 0 Å². The summed E-state index contributed by atoms with van der Waals surface area (Å²) in [6.45, 7) is 3.21. The summed E-state index contributed by atoms with van der Waals surface area (Å²) in [4.78, 5) is 0. The molecule has 2 nitrogen and oxygen atoms in total. The molecule has 1 N–H and O–H groups in total. The number of hydrogen-bond donors (Lipinski definition) is 1. The molecule has 0 amide bonds. The lowest BCUT2D eigenvalue weighted by atomic mass is 10.0. The first-order chi connectivity index (χ1) is 7.27. The number of methoxy groups -OCH3 is 1. The van der Waals surface area contributed by atoms with Gasteiger partial charge in [0, 0.05) is 0 Å². The minimum Gasteiger partial charge on any atom is -0.496 e. The van der Waals surface area contributed by atoms with Crippen LogP contribution in [-0.2, 0) is 6.42 Å². The summed E-state index contributed by atoms with van der Waals surface area (Å²) < 4.78 is 5.34. The molecule has 15 heavy (non-hydrogen) atoms. The lowest BCUT2D eigenvalue weighted by Gasteiger charge is -2.09. The van der Waals surface area contributed by atoms with Crippen molar-refractivity contribution in [2.75, 3.05) is 20.7 Å². The van der Waals surface area contributed by atoms with Gasteiger partial charge in [-0.25, -0.2) is 0 Å². The van der Waals surface area contributed by atoms with E-state index in [4.69, 9.17) is 4.74 Å². The molecule has 1 aromatic carbocycles. The van der Waals surface area contributed by atoms with Crippen LogP contribution in [0.1, 0.15) is 24.0 Å². The Morgan fingerprint density at radius 1 is 1.27 bits per heavy atom. The van der Waals surface area contributed by atoms with Gasteiger partial charge in [-0.15, -0.1) is 0 Å². The first kappa shape index (κ1) is 12.1. The van der Waals surface area contributed by atoms with Crippen molar-refractivity contribution in [3.63, 3.8) is 0 Å². The molecule has 2 heteroatoms. The van der Waals surface area contributed by atoms with Crippen LogP contribution in [-0.4, -0.2) is 20.7 Å². The van der Waals surface area contributed by atoms with Crippen LogP contribution in [0.2, 0.25) is 0 Å². The highest BCUT2D eigenvalue weighted by molar-refractivity contribution is 5.36. The van der Waals surface area contributed by atoms with E-state index in [1.54, 1.807) is 7.11 Å². The summed E-state index contributed by atoms with van der Waals surface area (Å²) in [6.07, 6.45) is 3.53. The van der Waals surface area contributed by atoms with Crippen LogP contribution in [0, 0.1) is 6.92 Å². The Kier molecular flexibility index (Phi) is 5.19. The molecule has 0 aliphatic heterocycles. The molecule has 0 fully saturated rings. The number of ether oxygens (including phenoxy) is 1. The highest BCUT2D eigenvalue weighted by Crippen LogP contribution is 2.21. The molecule has 0 bridgehead atoms. The molecule has 0 heterocycles. The number of aryl methyl sites for hydroxylation is 2. The fourth-order valence-electron chi connectivity index (χ4n) is 1.72. The minimum absolute atomic E-state index is 1.02. The minimum atomic E-state index is 1.02. The number of unbranched alkanes of at least 4 members (excludes halogenated alkanes) is 1. The molecule has 1 aromatic rings. The molecule has 84 valence electrons. The number of benzene rings is 1. The predicted molar refractivity (Wildman–Crippen MR) is 64.6 cm³/mol. The van der Waals surface area contributed by atoms with Crippen molar-refractivity contribution < 1.29 is 4.74 Å². The number of nitrogens with one attached hydrogen (secondary N) is 1. The van der Waals surface area contributed by atoms with Gasteiger partial charge >= 0.3 is 0 Å². The molecular formula is C13H21NO. The Morgan fingerprint density at radius 3 is 2.73 bits per heavy atom. The van der Waals surface area contributed by atoms with E-state index in [-0.39, 0.29) is 0 Å². The summed E-state index contributed by atoms with van der Waals surface area (Å²) in [5, 5.41) is 3.16. The van der Waals surface area contributed by atoms with E-state index in [2.05, 4.69) is 30.4 Å². The standard InChI is InChI=1S/C13H21NO/c1-11-7-8-13(15-3)12(10-11)6-4-5-9-14-2/h7-8,10,14H,4-6,9H2,1-3H3. The van der Waals surface area contributed by atoms with Crippen molar-refractivity contribution in [3.8, 4) is 5.75 Å². The molecule has 0 spiro atoms. The molecule has 0 aliphatic rings. The Labute approximate surface area is 92.6 Å². The van der Waals surface area contributed by atoms with Gasteiger partial charge in [-0.3, -0.25) is 0 Å². The monoisotopic (exact) mass is 207 g/mol. The summed E-state index contributed by atoms with van der Waals surface area (Å²) in [5.41, 5.74) is 2.63. The third-order valence-corrected chi connectivity index (χ3v) is 2.56. The highest BCUT2D eigenvalue weighted by Gasteiger charge is 2.02. The van der Waals surface area contributed by atoms with Crippen molar-refractivity contribution in [1.82, 2.24) is 5.32 Å². The normalized spacial score (nSPS) is 10.3. The smallest absolute Gasteiger partial charge is 0.122 e. The fourth-order valence-corrected chi connectivity index (χ4v) is 1.72. The van der Waals surface area contributed by atoms with Gasteiger partial charge < -0.3 is 10.1 Å². The van der Waals surface area contributed by atoms with E-state index in [0.29, 0.717) is 0 Å². The Hall–Kier alpha value is -1.02. The van der Waals surface area contributed by atoms with Gasteiger partial charge in [0.25, 0.3) is 0 Å². The number of rotatable bonds is 6. The van der Waals surface area contributed by atoms with Crippen LogP contribution < -0.4 is 10.1 Å². The first-order valence-corrected chi connectivity index (χ1v) is 5.56. The average Bonchev–Trinajstić information content (AvgIpc) is 2.25. The van der Waals surface area contributed by atoms with E-state index < -0.39 is 0 Å². The Morgan fingerprint density at radius 2 is 2.07 bits per heavy atom. The molecule has 1 rings (SSSR count). The second-order valence-corrected chi connectivity index (χ2v) is 3.88. The van der Waals surface area contributed by atoms with Gasteiger partial charge in [-0.05, 0) is 51.4 Å². The molecule has 0 radical (unpaired) electrons. The van der Waals surface area contributed by atoms with Crippen LogP contribution in [0.15, 0.2) is 18.2 Å². The van der Waals surface area contributed by atoms with Gasteiger partial charge in [0.2, 0.25) is 0 Å². The second kappa shape index (κ2) is 6.46. The van der Waals surface area contributed by atoms with Gasteiger partial charge in [-0.1, -0.05) is 17.7 Å². The average molecular weight is 207 g/mol. The van der Waals surface area contributed by atoms with Crippen molar-refractivity contribution in [3.05, 3.63) is 29.3 Å². The zero-order valence-corrected chi connectivity index (χ0v) is 9.97. The molecule has 0 unspecified atom stereocenters. The SMILES string of the molecule is CNCCCCc1cc(C)ccc1OC. The van der Waals surface area contributed by atoms with Crippen molar-refractivity contribution in [2.24, 2.45) is 0 Å². The summed E-state index contributed by atoms with van der Waals surface area (Å²) in [7, 11) is 3.73. The fraction of sp³-hybridized carbons (Fsp3) is 0.538. The van der Waals surface area contributed by atoms with E-state index in [9.17, 15) is 0 Å². The van der Waals surface area contributed by atoms with Crippen molar-refractivity contribution >= 4 is 0 Å². The molecule has 0 atom stereocenters. The lowest BCUT2D eigenvalue weighted by molar-refractivity contribution is 0.408. The first-order valence-electron chi connectivity index (χ1n) is 5.56. The van der Waals surface area contributed by atoms with Crippen LogP contribution in [0.4, 0.5) is 0 Å². The van der Waals surface area contributed by atoms with Crippen molar-refractivity contribution in [2.45, 2.75) is 26.2 Å². The zero-order valence-electron chi connectivity index (χ0n) is 9.97. The van der Waals surface area contributed by atoms with E-state index in [0.717, 1.165) is 18.7 Å². The predicted octanol–water partition coefficient (Wildman–Crippen LogP) is 2.55. The Bertz CT molecular complexity index is 297. The molecule has 0 saturated carbocycles. The summed E-state index contributed by atoms with van der Waals surface area (Å²) in [6, 6.07) is 6.37. The molecule has 0 saturated heterocycles. The summed E-state index contributed by atoms with van der Waals surface area (Å²) in [5.74, 6) is 1.02. The maximum atomic E-state index is 5.34. The third-order valence-electron chi connectivity index (χ3n) is 2.56. The Balaban J connectivity index is 2.54. The van der Waals surface area contributed by atoms with E-state index in [1.807, 2.05) is 7.05 Å². The van der Waals surface area contributed by atoms with Crippen LogP contribution in [0.5, 0.6) is 5.75 Å². The second-order valence-electron chi connectivity index (χ2n) is 3.88. The maximum absolute atomic E-state index is 5.34. The van der Waals surface area contributed by atoms with Gasteiger partial charge in [0.1, 0.15) is 5.75 Å². The molecule has 0 aliphatic carbocycles. The summed E-state index contributed by atoms with van der Waals surface area (Å²) >= 11 is 0.